The monoisotopic (exact) mass is 294 g/mol. The Bertz CT molecular complexity index is 513. The van der Waals surface area contributed by atoms with Gasteiger partial charge in [-0.25, -0.2) is 0 Å². The third-order valence-electron chi connectivity index (χ3n) is 4.33. The molecule has 1 aromatic carbocycles. The van der Waals surface area contributed by atoms with Crippen LogP contribution < -0.4 is 9.47 Å². The molecule has 0 amide bonds. The summed E-state index contributed by atoms with van der Waals surface area (Å²) in [6.45, 7) is 2.02. The fourth-order valence-corrected chi connectivity index (χ4v) is 3.27. The first-order valence-electron chi connectivity index (χ1n) is 7.10. The van der Waals surface area contributed by atoms with Crippen molar-refractivity contribution in [2.24, 2.45) is 17.8 Å². The first kappa shape index (κ1) is 15.6. The van der Waals surface area contributed by atoms with Crippen LogP contribution in [-0.4, -0.2) is 30.4 Å². The number of ether oxygens (including phenoxy) is 2. The second-order valence-electron chi connectivity index (χ2n) is 5.74. The number of aliphatic carboxylic acids is 1. The van der Waals surface area contributed by atoms with Crippen LogP contribution in [0.2, 0.25) is 0 Å². The quantitative estimate of drug-likeness (QED) is 0.872. The van der Waals surface area contributed by atoms with Gasteiger partial charge in [0.05, 0.1) is 26.2 Å². The lowest BCUT2D eigenvalue weighted by Crippen LogP contribution is -2.24. The number of hydrogen-bond donors (Lipinski definition) is 2. The molecule has 2 rings (SSSR count). The van der Waals surface area contributed by atoms with Crippen LogP contribution in [0, 0.1) is 17.8 Å². The van der Waals surface area contributed by atoms with E-state index >= 15 is 0 Å². The van der Waals surface area contributed by atoms with E-state index < -0.39 is 18.0 Å². The molecule has 0 aromatic heterocycles. The van der Waals surface area contributed by atoms with Gasteiger partial charge in [0.1, 0.15) is 11.5 Å². The van der Waals surface area contributed by atoms with E-state index in [1.807, 2.05) is 6.92 Å². The van der Waals surface area contributed by atoms with Gasteiger partial charge in [0.25, 0.3) is 0 Å². The lowest BCUT2D eigenvalue weighted by Gasteiger charge is -2.24. The van der Waals surface area contributed by atoms with E-state index in [1.54, 1.807) is 25.3 Å². The van der Waals surface area contributed by atoms with Crippen molar-refractivity contribution in [2.45, 2.75) is 25.9 Å². The zero-order chi connectivity index (χ0) is 15.6. The van der Waals surface area contributed by atoms with Gasteiger partial charge >= 0.3 is 5.97 Å². The smallest absolute Gasteiger partial charge is 0.306 e. The number of aliphatic hydroxyl groups is 1. The number of carboxylic acid groups (broad SMARTS) is 1. The second-order valence-corrected chi connectivity index (χ2v) is 5.74. The highest BCUT2D eigenvalue weighted by Crippen LogP contribution is 2.45. The van der Waals surface area contributed by atoms with Gasteiger partial charge in [0.15, 0.2) is 0 Å². The number of carboxylic acids is 1. The Morgan fingerprint density at radius 3 is 2.57 bits per heavy atom. The molecule has 1 aliphatic carbocycles. The Kier molecular flexibility index (Phi) is 4.73. The third-order valence-corrected chi connectivity index (χ3v) is 4.33. The summed E-state index contributed by atoms with van der Waals surface area (Å²) >= 11 is 0. The van der Waals surface area contributed by atoms with Gasteiger partial charge in [-0.1, -0.05) is 6.92 Å². The molecule has 0 radical (unpaired) electrons. The standard InChI is InChI=1S/C16H22O5/c1-9-6-11(12(7-9)16(18)19)15(17)13-8-10(20-2)4-5-14(13)21-3/h4-5,8-9,11-12,15,17H,6-7H2,1-3H3,(H,18,19). The summed E-state index contributed by atoms with van der Waals surface area (Å²) in [7, 11) is 3.08. The van der Waals surface area contributed by atoms with Crippen molar-refractivity contribution in [3.05, 3.63) is 23.8 Å². The normalized spacial score (nSPS) is 26.4. The average molecular weight is 294 g/mol. The van der Waals surface area contributed by atoms with E-state index in [9.17, 15) is 15.0 Å². The molecule has 0 spiro atoms. The highest BCUT2D eigenvalue weighted by atomic mass is 16.5. The molecule has 0 bridgehead atoms. The molecule has 2 N–H and O–H groups in total. The summed E-state index contributed by atoms with van der Waals surface area (Å²) in [5, 5.41) is 20.0. The minimum Gasteiger partial charge on any atom is -0.497 e. The van der Waals surface area contributed by atoms with E-state index in [2.05, 4.69) is 0 Å². The van der Waals surface area contributed by atoms with Crippen molar-refractivity contribution >= 4 is 5.97 Å². The molecule has 1 aromatic rings. The van der Waals surface area contributed by atoms with Crippen molar-refractivity contribution < 1.29 is 24.5 Å². The molecule has 116 valence electrons. The maximum atomic E-state index is 11.4. The highest BCUT2D eigenvalue weighted by molar-refractivity contribution is 5.71. The molecule has 21 heavy (non-hydrogen) atoms. The minimum atomic E-state index is -0.874. The van der Waals surface area contributed by atoms with Gasteiger partial charge in [-0.15, -0.1) is 0 Å². The predicted octanol–water partition coefficient (Wildman–Crippen LogP) is 2.48. The summed E-state index contributed by atoms with van der Waals surface area (Å²) in [6.07, 6.45) is 0.420. The van der Waals surface area contributed by atoms with Crippen LogP contribution in [0.4, 0.5) is 0 Å². The largest absolute Gasteiger partial charge is 0.497 e. The Morgan fingerprint density at radius 2 is 2.00 bits per heavy atom. The molecule has 1 saturated carbocycles. The number of rotatable bonds is 5. The van der Waals surface area contributed by atoms with Gasteiger partial charge in [-0.2, -0.15) is 0 Å². The summed E-state index contributed by atoms with van der Waals surface area (Å²) in [5.74, 6) is -0.216. The van der Waals surface area contributed by atoms with Crippen LogP contribution in [0.3, 0.4) is 0 Å². The molecule has 0 saturated heterocycles. The fourth-order valence-electron chi connectivity index (χ4n) is 3.27. The molecule has 1 fully saturated rings. The van der Waals surface area contributed by atoms with E-state index in [0.29, 0.717) is 35.8 Å². The molecule has 0 aliphatic heterocycles. The van der Waals surface area contributed by atoms with E-state index in [1.165, 1.54) is 7.11 Å². The van der Waals surface area contributed by atoms with Gasteiger partial charge in [0, 0.05) is 11.5 Å². The SMILES string of the molecule is COc1ccc(OC)c(C(O)C2CC(C)CC2C(=O)O)c1. The summed E-state index contributed by atoms with van der Waals surface area (Å²) < 4.78 is 10.5. The highest BCUT2D eigenvalue weighted by Gasteiger charge is 2.42. The maximum absolute atomic E-state index is 11.4. The van der Waals surface area contributed by atoms with Crippen LogP contribution in [0.25, 0.3) is 0 Å². The van der Waals surface area contributed by atoms with Crippen LogP contribution in [-0.2, 0) is 4.79 Å². The zero-order valence-corrected chi connectivity index (χ0v) is 12.6. The predicted molar refractivity (Wildman–Crippen MR) is 77.5 cm³/mol. The maximum Gasteiger partial charge on any atom is 0.306 e. The van der Waals surface area contributed by atoms with Gasteiger partial charge in [-0.05, 0) is 37.0 Å². The fraction of sp³-hybridized carbons (Fsp3) is 0.562. The molecule has 4 unspecified atom stereocenters. The Morgan fingerprint density at radius 1 is 1.29 bits per heavy atom. The first-order chi connectivity index (χ1) is 9.97. The molecule has 4 atom stereocenters. The average Bonchev–Trinajstić information content (AvgIpc) is 2.88. The molecular weight excluding hydrogens is 272 g/mol. The molecular formula is C16H22O5. The number of carbonyl (C=O) groups is 1. The van der Waals surface area contributed by atoms with Crippen molar-refractivity contribution in [2.75, 3.05) is 14.2 Å². The van der Waals surface area contributed by atoms with E-state index in [-0.39, 0.29) is 5.92 Å². The lowest BCUT2D eigenvalue weighted by molar-refractivity contribution is -0.144. The van der Waals surface area contributed by atoms with E-state index in [4.69, 9.17) is 9.47 Å². The van der Waals surface area contributed by atoms with Crippen LogP contribution in [0.5, 0.6) is 11.5 Å². The number of methoxy groups -OCH3 is 2. The zero-order valence-electron chi connectivity index (χ0n) is 12.6. The van der Waals surface area contributed by atoms with Crippen molar-refractivity contribution in [3.63, 3.8) is 0 Å². The summed E-state index contributed by atoms with van der Waals surface area (Å²) in [6, 6.07) is 5.19. The van der Waals surface area contributed by atoms with Crippen LogP contribution >= 0.6 is 0 Å². The number of benzene rings is 1. The van der Waals surface area contributed by atoms with Crippen molar-refractivity contribution in [3.8, 4) is 11.5 Å². The Labute approximate surface area is 124 Å². The van der Waals surface area contributed by atoms with Crippen LogP contribution in [0.1, 0.15) is 31.4 Å². The first-order valence-corrected chi connectivity index (χ1v) is 7.10. The van der Waals surface area contributed by atoms with Gasteiger partial charge < -0.3 is 19.7 Å². The molecule has 1 aliphatic rings. The van der Waals surface area contributed by atoms with Crippen molar-refractivity contribution in [1.82, 2.24) is 0 Å². The number of aliphatic hydroxyl groups excluding tert-OH is 1. The van der Waals surface area contributed by atoms with Gasteiger partial charge in [0.2, 0.25) is 0 Å². The molecule has 0 heterocycles. The van der Waals surface area contributed by atoms with Crippen molar-refractivity contribution in [1.29, 1.82) is 0 Å². The topological polar surface area (TPSA) is 76.0 Å². The molecule has 5 heteroatoms. The minimum absolute atomic E-state index is 0.294. The summed E-state index contributed by atoms with van der Waals surface area (Å²) in [4.78, 5) is 11.4. The van der Waals surface area contributed by atoms with E-state index in [0.717, 1.165) is 0 Å². The second kappa shape index (κ2) is 6.35. The molecule has 5 nitrogen and oxygen atoms in total. The summed E-state index contributed by atoms with van der Waals surface area (Å²) in [5.41, 5.74) is 0.585. The lowest BCUT2D eigenvalue weighted by atomic mass is 9.86. The van der Waals surface area contributed by atoms with Crippen LogP contribution in [0.15, 0.2) is 18.2 Å². The number of hydrogen-bond acceptors (Lipinski definition) is 4. The Hall–Kier alpha value is -1.75. The van der Waals surface area contributed by atoms with Gasteiger partial charge in [-0.3, -0.25) is 4.79 Å². The third kappa shape index (κ3) is 3.13. The Balaban J connectivity index is 2.34.